The zero-order valence-electron chi connectivity index (χ0n) is 11.2. The lowest BCUT2D eigenvalue weighted by Gasteiger charge is -2.11. The topological polar surface area (TPSA) is 41.1 Å². The normalized spacial score (nSPS) is 16.1. The molecule has 0 spiro atoms. The Balaban J connectivity index is 1.67. The quantitative estimate of drug-likeness (QED) is 0.860. The summed E-state index contributed by atoms with van der Waals surface area (Å²) in [6, 6.07) is 2.71. The zero-order valence-corrected chi connectivity index (χ0v) is 12.0. The van der Waals surface area contributed by atoms with Crippen molar-refractivity contribution in [1.29, 1.82) is 0 Å². The monoisotopic (exact) mass is 266 g/mol. The van der Waals surface area contributed by atoms with Gasteiger partial charge in [-0.15, -0.1) is 11.3 Å². The molecule has 2 rings (SSSR count). The van der Waals surface area contributed by atoms with Gasteiger partial charge in [0.1, 0.15) is 0 Å². The zero-order chi connectivity index (χ0) is 13.0. The van der Waals surface area contributed by atoms with E-state index in [0.29, 0.717) is 19.1 Å². The Kier molecular flexibility index (Phi) is 4.78. The summed E-state index contributed by atoms with van der Waals surface area (Å²) in [5.74, 6) is 0.102. The molecule has 0 aliphatic heterocycles. The van der Waals surface area contributed by atoms with Crippen molar-refractivity contribution in [3.8, 4) is 0 Å². The summed E-state index contributed by atoms with van der Waals surface area (Å²) in [6.07, 6.45) is 5.03. The van der Waals surface area contributed by atoms with Crippen LogP contribution in [-0.4, -0.2) is 18.5 Å². The third-order valence-electron chi connectivity index (χ3n) is 3.58. The van der Waals surface area contributed by atoms with E-state index in [1.807, 2.05) is 0 Å². The van der Waals surface area contributed by atoms with Gasteiger partial charge in [0, 0.05) is 15.8 Å². The summed E-state index contributed by atoms with van der Waals surface area (Å²) in [6.45, 7) is 5.34. The van der Waals surface area contributed by atoms with Crippen LogP contribution in [-0.2, 0) is 11.3 Å². The summed E-state index contributed by atoms with van der Waals surface area (Å²) in [5, 5.41) is 6.30. The Morgan fingerprint density at radius 3 is 2.72 bits per heavy atom. The van der Waals surface area contributed by atoms with E-state index < -0.39 is 0 Å². The van der Waals surface area contributed by atoms with Gasteiger partial charge in [-0.05, 0) is 38.3 Å². The van der Waals surface area contributed by atoms with Crippen molar-refractivity contribution in [3.05, 3.63) is 21.4 Å². The molecule has 0 bridgehead atoms. The van der Waals surface area contributed by atoms with Crippen molar-refractivity contribution in [2.24, 2.45) is 0 Å². The molecule has 1 heterocycles. The van der Waals surface area contributed by atoms with Gasteiger partial charge in [0.05, 0.1) is 13.1 Å². The number of hydrogen-bond donors (Lipinski definition) is 2. The van der Waals surface area contributed by atoms with Crippen molar-refractivity contribution in [2.45, 2.75) is 52.1 Å². The van der Waals surface area contributed by atoms with Crippen molar-refractivity contribution in [3.63, 3.8) is 0 Å². The van der Waals surface area contributed by atoms with Crippen LogP contribution in [0.5, 0.6) is 0 Å². The number of carbonyl (C=O) groups excluding carboxylic acids is 1. The van der Waals surface area contributed by atoms with Crippen LogP contribution in [0.3, 0.4) is 0 Å². The number of aryl methyl sites for hydroxylation is 2. The Hall–Kier alpha value is -0.870. The number of nitrogens with one attached hydrogen (secondary N) is 2. The molecule has 4 heteroatoms. The van der Waals surface area contributed by atoms with Crippen LogP contribution in [0.1, 0.15) is 41.0 Å². The van der Waals surface area contributed by atoms with E-state index in [1.165, 1.54) is 41.0 Å². The highest BCUT2D eigenvalue weighted by Crippen LogP contribution is 2.20. The number of hydrogen-bond acceptors (Lipinski definition) is 3. The van der Waals surface area contributed by atoms with Crippen molar-refractivity contribution >= 4 is 17.2 Å². The molecule has 100 valence electrons. The van der Waals surface area contributed by atoms with Crippen LogP contribution in [0.4, 0.5) is 0 Å². The lowest BCUT2D eigenvalue weighted by atomic mass is 10.2. The Morgan fingerprint density at radius 2 is 2.11 bits per heavy atom. The molecule has 1 aromatic heterocycles. The predicted molar refractivity (Wildman–Crippen MR) is 75.9 cm³/mol. The first-order valence-electron chi connectivity index (χ1n) is 6.71. The first-order valence-corrected chi connectivity index (χ1v) is 7.53. The van der Waals surface area contributed by atoms with E-state index >= 15 is 0 Å². The highest BCUT2D eigenvalue weighted by molar-refractivity contribution is 7.12. The fraction of sp³-hybridized carbons (Fsp3) is 0.643. The predicted octanol–water partition coefficient (Wildman–Crippen LogP) is 2.51. The van der Waals surface area contributed by atoms with Crippen LogP contribution in [0.2, 0.25) is 0 Å². The molecule has 0 aromatic carbocycles. The van der Waals surface area contributed by atoms with E-state index in [4.69, 9.17) is 0 Å². The molecule has 2 N–H and O–H groups in total. The Labute approximate surface area is 113 Å². The van der Waals surface area contributed by atoms with Crippen LogP contribution in [0, 0.1) is 13.8 Å². The van der Waals surface area contributed by atoms with Gasteiger partial charge in [0.25, 0.3) is 0 Å². The van der Waals surface area contributed by atoms with E-state index in [2.05, 4.69) is 30.5 Å². The van der Waals surface area contributed by atoms with Crippen molar-refractivity contribution in [1.82, 2.24) is 10.6 Å². The molecule has 1 fully saturated rings. The van der Waals surface area contributed by atoms with Crippen LogP contribution >= 0.6 is 11.3 Å². The largest absolute Gasteiger partial charge is 0.350 e. The highest BCUT2D eigenvalue weighted by atomic mass is 32.1. The van der Waals surface area contributed by atoms with Gasteiger partial charge in [-0.25, -0.2) is 0 Å². The molecule has 0 saturated heterocycles. The van der Waals surface area contributed by atoms with Crippen LogP contribution in [0.15, 0.2) is 6.07 Å². The van der Waals surface area contributed by atoms with E-state index in [0.717, 1.165) is 0 Å². The summed E-state index contributed by atoms with van der Waals surface area (Å²) in [5.41, 5.74) is 1.31. The first kappa shape index (κ1) is 13.6. The second-order valence-corrected chi connectivity index (χ2v) is 6.43. The van der Waals surface area contributed by atoms with Crippen molar-refractivity contribution in [2.75, 3.05) is 6.54 Å². The van der Waals surface area contributed by atoms with E-state index in [1.54, 1.807) is 11.3 Å². The maximum absolute atomic E-state index is 11.7. The molecule has 1 saturated carbocycles. The molecule has 0 atom stereocenters. The molecule has 1 aromatic rings. The van der Waals surface area contributed by atoms with E-state index in [-0.39, 0.29) is 5.91 Å². The molecular formula is C14H22N2OS. The standard InChI is InChI=1S/C14H22N2OS/c1-10-7-13(18-11(10)2)8-16-14(17)9-15-12-5-3-4-6-12/h7,12,15H,3-6,8-9H2,1-2H3,(H,16,17). The van der Waals surface area contributed by atoms with Gasteiger partial charge < -0.3 is 10.6 Å². The Morgan fingerprint density at radius 1 is 1.39 bits per heavy atom. The first-order chi connectivity index (χ1) is 8.65. The molecule has 1 amide bonds. The molecular weight excluding hydrogens is 244 g/mol. The Bertz CT molecular complexity index is 388. The molecule has 18 heavy (non-hydrogen) atoms. The van der Waals surface area contributed by atoms with Crippen LogP contribution < -0.4 is 10.6 Å². The summed E-state index contributed by atoms with van der Waals surface area (Å²) < 4.78 is 0. The maximum atomic E-state index is 11.7. The van der Waals surface area contributed by atoms with Gasteiger partial charge in [-0.3, -0.25) is 4.79 Å². The molecule has 1 aliphatic rings. The average Bonchev–Trinajstić information content (AvgIpc) is 2.95. The summed E-state index contributed by atoms with van der Waals surface area (Å²) in [7, 11) is 0. The summed E-state index contributed by atoms with van der Waals surface area (Å²) in [4.78, 5) is 14.3. The van der Waals surface area contributed by atoms with Crippen LogP contribution in [0.25, 0.3) is 0 Å². The van der Waals surface area contributed by atoms with Gasteiger partial charge in [-0.2, -0.15) is 0 Å². The number of rotatable bonds is 5. The number of thiophene rings is 1. The molecule has 1 aliphatic carbocycles. The molecule has 3 nitrogen and oxygen atoms in total. The third kappa shape index (κ3) is 3.82. The number of carbonyl (C=O) groups is 1. The number of amides is 1. The molecule has 0 radical (unpaired) electrons. The highest BCUT2D eigenvalue weighted by Gasteiger charge is 2.15. The fourth-order valence-electron chi connectivity index (χ4n) is 2.35. The van der Waals surface area contributed by atoms with Gasteiger partial charge in [-0.1, -0.05) is 12.8 Å². The molecule has 0 unspecified atom stereocenters. The average molecular weight is 266 g/mol. The SMILES string of the molecule is Cc1cc(CNC(=O)CNC2CCCC2)sc1C. The lowest BCUT2D eigenvalue weighted by molar-refractivity contribution is -0.120. The van der Waals surface area contributed by atoms with E-state index in [9.17, 15) is 4.79 Å². The summed E-state index contributed by atoms with van der Waals surface area (Å²) >= 11 is 1.76. The fourth-order valence-corrected chi connectivity index (χ4v) is 3.35. The van der Waals surface area contributed by atoms with Gasteiger partial charge in [0.15, 0.2) is 0 Å². The lowest BCUT2D eigenvalue weighted by Crippen LogP contribution is -2.37. The second-order valence-electron chi connectivity index (χ2n) is 5.09. The minimum atomic E-state index is 0.102. The van der Waals surface area contributed by atoms with Crippen molar-refractivity contribution < 1.29 is 4.79 Å². The smallest absolute Gasteiger partial charge is 0.234 e. The second kappa shape index (κ2) is 6.34. The minimum absolute atomic E-state index is 0.102. The minimum Gasteiger partial charge on any atom is -0.350 e. The van der Waals surface area contributed by atoms with Gasteiger partial charge in [0.2, 0.25) is 5.91 Å². The van der Waals surface area contributed by atoms with Gasteiger partial charge >= 0.3 is 0 Å². The maximum Gasteiger partial charge on any atom is 0.234 e. The third-order valence-corrected chi connectivity index (χ3v) is 4.74.